The summed E-state index contributed by atoms with van der Waals surface area (Å²) in [6.45, 7) is 2.52. The number of hydrogen-bond acceptors (Lipinski definition) is 6. The number of piperidine rings is 1. The number of para-hydroxylation sites is 1. The summed E-state index contributed by atoms with van der Waals surface area (Å²) in [7, 11) is -3.45. The number of Topliss-reactive ketones (excluding diaryl/α,β-unsaturated/α-hetero) is 1. The number of nitrogens with zero attached hydrogens (tertiary/aromatic N) is 3. The van der Waals surface area contributed by atoms with Crippen LogP contribution in [0.3, 0.4) is 0 Å². The number of rotatable bonds is 9. The van der Waals surface area contributed by atoms with Crippen molar-refractivity contribution in [2.75, 3.05) is 47.1 Å². The molecular weight excluding hydrogens is 531 g/mol. The van der Waals surface area contributed by atoms with Crippen molar-refractivity contribution in [1.29, 1.82) is 0 Å². The average Bonchev–Trinajstić information content (AvgIpc) is 3.21. The summed E-state index contributed by atoms with van der Waals surface area (Å²) in [4.78, 5) is 32.8. The SMILES string of the molecule is CS(=O)(=O)Nc1cccc(N2CN(c3ccccc3)C3(CCN(CCCC(=O)c4ccc(F)cc4)CC3)C2=O)c1. The number of sulfonamides is 1. The third-order valence-corrected chi connectivity index (χ3v) is 8.31. The Bertz CT molecular complexity index is 1470. The Hall–Kier alpha value is -3.76. The summed E-state index contributed by atoms with van der Waals surface area (Å²) < 4.78 is 39.2. The molecule has 0 unspecified atom stereocenters. The van der Waals surface area contributed by atoms with E-state index in [1.54, 1.807) is 23.1 Å². The molecule has 2 saturated heterocycles. The van der Waals surface area contributed by atoms with E-state index < -0.39 is 15.6 Å². The van der Waals surface area contributed by atoms with E-state index in [1.165, 1.54) is 24.3 Å². The van der Waals surface area contributed by atoms with Gasteiger partial charge in [0.25, 0.3) is 5.91 Å². The summed E-state index contributed by atoms with van der Waals surface area (Å²) in [6, 6.07) is 22.4. The van der Waals surface area contributed by atoms with Crippen LogP contribution in [0.25, 0.3) is 0 Å². The van der Waals surface area contributed by atoms with Crippen LogP contribution in [0, 0.1) is 5.82 Å². The molecule has 2 aliphatic rings. The predicted molar refractivity (Wildman–Crippen MR) is 155 cm³/mol. The molecule has 0 aliphatic carbocycles. The van der Waals surface area contributed by atoms with E-state index >= 15 is 0 Å². The molecule has 40 heavy (non-hydrogen) atoms. The van der Waals surface area contributed by atoms with E-state index in [0.717, 1.165) is 18.5 Å². The van der Waals surface area contributed by atoms with Crippen LogP contribution >= 0.6 is 0 Å². The van der Waals surface area contributed by atoms with Crippen LogP contribution in [-0.2, 0) is 14.8 Å². The zero-order valence-electron chi connectivity index (χ0n) is 22.4. The van der Waals surface area contributed by atoms with Gasteiger partial charge in [-0.25, -0.2) is 12.8 Å². The number of nitrogens with one attached hydrogen (secondary N) is 1. The molecule has 3 aromatic carbocycles. The van der Waals surface area contributed by atoms with Crippen molar-refractivity contribution in [3.05, 3.63) is 90.2 Å². The number of carbonyl (C=O) groups excluding carboxylic acids is 2. The second-order valence-corrected chi connectivity index (χ2v) is 12.2. The topological polar surface area (TPSA) is 90.0 Å². The Morgan fingerprint density at radius 3 is 2.30 bits per heavy atom. The van der Waals surface area contributed by atoms with Crippen LogP contribution in [0.4, 0.5) is 21.5 Å². The Labute approximate surface area is 234 Å². The molecule has 3 aromatic rings. The molecule has 8 nitrogen and oxygen atoms in total. The lowest BCUT2D eigenvalue weighted by atomic mass is 9.85. The molecule has 2 fully saturated rings. The third-order valence-electron chi connectivity index (χ3n) is 7.70. The third kappa shape index (κ3) is 6.03. The van der Waals surface area contributed by atoms with Crippen LogP contribution in [0.15, 0.2) is 78.9 Å². The summed E-state index contributed by atoms with van der Waals surface area (Å²) in [6.07, 6.45) is 3.42. The van der Waals surface area contributed by atoms with Crippen molar-refractivity contribution < 1.29 is 22.4 Å². The van der Waals surface area contributed by atoms with Crippen LogP contribution in [0.2, 0.25) is 0 Å². The van der Waals surface area contributed by atoms with Gasteiger partial charge in [-0.2, -0.15) is 0 Å². The van der Waals surface area contributed by atoms with Gasteiger partial charge in [0.1, 0.15) is 11.4 Å². The second-order valence-electron chi connectivity index (χ2n) is 10.5. The van der Waals surface area contributed by atoms with Crippen molar-refractivity contribution in [2.24, 2.45) is 0 Å². The fourth-order valence-corrected chi connectivity index (χ4v) is 6.22. The highest BCUT2D eigenvalue weighted by atomic mass is 32.2. The van der Waals surface area contributed by atoms with Crippen molar-refractivity contribution in [1.82, 2.24) is 4.90 Å². The predicted octanol–water partition coefficient (Wildman–Crippen LogP) is 4.51. The summed E-state index contributed by atoms with van der Waals surface area (Å²) in [5.74, 6) is -0.362. The highest BCUT2D eigenvalue weighted by Gasteiger charge is 2.54. The van der Waals surface area contributed by atoms with Crippen LogP contribution in [-0.4, -0.2) is 63.1 Å². The summed E-state index contributed by atoms with van der Waals surface area (Å²) in [5, 5.41) is 0. The Balaban J connectivity index is 1.29. The largest absolute Gasteiger partial charge is 0.338 e. The fraction of sp³-hybridized carbons (Fsp3) is 0.333. The summed E-state index contributed by atoms with van der Waals surface area (Å²) >= 11 is 0. The molecule has 1 N–H and O–H groups in total. The van der Waals surface area contributed by atoms with E-state index in [2.05, 4.69) is 14.5 Å². The van der Waals surface area contributed by atoms with Gasteiger partial charge in [-0.3, -0.25) is 19.2 Å². The van der Waals surface area contributed by atoms with Gasteiger partial charge in [0.05, 0.1) is 18.6 Å². The maximum absolute atomic E-state index is 14.1. The minimum atomic E-state index is -3.45. The Morgan fingerprint density at radius 1 is 0.950 bits per heavy atom. The number of halogens is 1. The molecule has 0 atom stereocenters. The number of anilines is 3. The van der Waals surface area contributed by atoms with Gasteiger partial charge in [-0.1, -0.05) is 24.3 Å². The Morgan fingerprint density at radius 2 is 1.62 bits per heavy atom. The number of carbonyl (C=O) groups is 2. The van der Waals surface area contributed by atoms with Crippen molar-refractivity contribution in [3.8, 4) is 0 Å². The molecule has 1 spiro atoms. The maximum Gasteiger partial charge on any atom is 0.254 e. The van der Waals surface area contributed by atoms with Gasteiger partial charge >= 0.3 is 0 Å². The molecular formula is C30H33FN4O4S. The van der Waals surface area contributed by atoms with Gasteiger partial charge < -0.3 is 9.80 Å². The Kier molecular flexibility index (Phi) is 7.91. The zero-order chi connectivity index (χ0) is 28.3. The van der Waals surface area contributed by atoms with Gasteiger partial charge in [0, 0.05) is 36.4 Å². The summed E-state index contributed by atoms with van der Waals surface area (Å²) in [5.41, 5.74) is 1.80. The number of benzene rings is 3. The maximum atomic E-state index is 14.1. The van der Waals surface area contributed by atoms with Gasteiger partial charge in [0.15, 0.2) is 5.78 Å². The first kappa shape index (κ1) is 27.8. The van der Waals surface area contributed by atoms with Gasteiger partial charge in [-0.15, -0.1) is 0 Å². The molecule has 2 aliphatic heterocycles. The smallest absolute Gasteiger partial charge is 0.254 e. The lowest BCUT2D eigenvalue weighted by molar-refractivity contribution is -0.123. The molecule has 210 valence electrons. The molecule has 0 aromatic heterocycles. The lowest BCUT2D eigenvalue weighted by Gasteiger charge is -2.43. The highest BCUT2D eigenvalue weighted by molar-refractivity contribution is 7.92. The van der Waals surface area contributed by atoms with E-state index in [4.69, 9.17) is 0 Å². The van der Waals surface area contributed by atoms with Crippen LogP contribution in [0.5, 0.6) is 0 Å². The van der Waals surface area contributed by atoms with Gasteiger partial charge in [-0.05, 0) is 80.4 Å². The number of ketones is 1. The minimum absolute atomic E-state index is 0.000929. The zero-order valence-corrected chi connectivity index (χ0v) is 23.2. The van der Waals surface area contributed by atoms with Crippen molar-refractivity contribution in [2.45, 2.75) is 31.2 Å². The molecule has 0 bridgehead atoms. The molecule has 1 amide bonds. The standard InChI is InChI=1S/C30H33FN4O4S/c1-40(38,39)32-25-7-5-10-27(21-25)34-22-35(26-8-3-2-4-9-26)30(29(34)37)16-19-33(20-17-30)18-6-11-28(36)23-12-14-24(31)15-13-23/h2-5,7-10,12-15,21,32H,6,11,16-20,22H2,1H3. The van der Waals surface area contributed by atoms with Crippen LogP contribution in [0.1, 0.15) is 36.0 Å². The molecule has 5 rings (SSSR count). The van der Waals surface area contributed by atoms with Crippen molar-refractivity contribution >= 4 is 38.8 Å². The number of hydrogen-bond donors (Lipinski definition) is 1. The molecule has 0 saturated carbocycles. The van der Waals surface area contributed by atoms with Gasteiger partial charge in [0.2, 0.25) is 10.0 Å². The molecule has 10 heteroatoms. The first-order chi connectivity index (χ1) is 19.1. The fourth-order valence-electron chi connectivity index (χ4n) is 5.67. The quantitative estimate of drug-likeness (QED) is 0.385. The second kappa shape index (κ2) is 11.4. The lowest BCUT2D eigenvalue weighted by Crippen LogP contribution is -2.56. The number of amides is 1. The van der Waals surface area contributed by atoms with E-state index in [1.807, 2.05) is 36.4 Å². The minimum Gasteiger partial charge on any atom is -0.338 e. The molecule has 2 heterocycles. The molecule has 0 radical (unpaired) electrons. The van der Waals surface area contributed by atoms with Crippen molar-refractivity contribution in [3.63, 3.8) is 0 Å². The monoisotopic (exact) mass is 564 g/mol. The average molecular weight is 565 g/mol. The van der Waals surface area contributed by atoms with E-state index in [9.17, 15) is 22.4 Å². The number of likely N-dealkylation sites (tertiary alicyclic amines) is 1. The highest BCUT2D eigenvalue weighted by Crippen LogP contribution is 2.41. The van der Waals surface area contributed by atoms with E-state index in [-0.39, 0.29) is 17.5 Å². The first-order valence-electron chi connectivity index (χ1n) is 13.4. The first-order valence-corrected chi connectivity index (χ1v) is 15.3. The normalized spacial score (nSPS) is 17.4. The van der Waals surface area contributed by atoms with E-state index in [0.29, 0.717) is 62.4 Å². The van der Waals surface area contributed by atoms with Crippen LogP contribution < -0.4 is 14.5 Å².